The Bertz CT molecular complexity index is 1040. The third-order valence-corrected chi connectivity index (χ3v) is 12.4. The topological polar surface area (TPSA) is 130 Å². The standard InChI is InChI=1S/C35H64N2O9S/c1-12-26-34(8,41)29(39)24(6)37(11)19-20(2)18-33(7)30(44-32-27(38)25(36(9)10)17-21(3)42-32)22(4)28(23(5)31(40)43-26)45-35(46-33)13-15-47-16-14-35/h20-30,32,38-39,41H,12-19H2,1-11H3/t20-,21-,22+,23-,24-,25+,26-,27-,28+,29-,30-,32?,33?,34-/m1/s1. The molecule has 0 amide bonds. The quantitative estimate of drug-likeness (QED) is 0.375. The highest BCUT2D eigenvalue weighted by Crippen LogP contribution is 2.48. The van der Waals surface area contributed by atoms with Crippen molar-refractivity contribution >= 4 is 17.7 Å². The van der Waals surface area contributed by atoms with Gasteiger partial charge in [-0.2, -0.15) is 11.8 Å². The maximum atomic E-state index is 14.1. The first-order chi connectivity index (χ1) is 21.9. The van der Waals surface area contributed by atoms with Gasteiger partial charge in [-0.15, -0.1) is 0 Å². The van der Waals surface area contributed by atoms with Crippen molar-refractivity contribution in [1.29, 1.82) is 0 Å². The fraction of sp³-hybridized carbons (Fsp3) is 0.971. The highest BCUT2D eigenvalue weighted by Gasteiger charge is 2.58. The van der Waals surface area contributed by atoms with Crippen molar-refractivity contribution in [1.82, 2.24) is 9.80 Å². The molecule has 0 aromatic heterocycles. The van der Waals surface area contributed by atoms with Gasteiger partial charge < -0.3 is 48.8 Å². The van der Waals surface area contributed by atoms with Crippen LogP contribution in [0.25, 0.3) is 0 Å². The lowest BCUT2D eigenvalue weighted by Gasteiger charge is -2.48. The summed E-state index contributed by atoms with van der Waals surface area (Å²) in [6.07, 6.45) is -2.40. The number of rotatable bonds is 4. The minimum atomic E-state index is -1.68. The van der Waals surface area contributed by atoms with Gasteiger partial charge in [0, 0.05) is 37.4 Å². The van der Waals surface area contributed by atoms with E-state index in [1.54, 1.807) is 13.8 Å². The van der Waals surface area contributed by atoms with Crippen LogP contribution in [0.4, 0.5) is 0 Å². The molecular formula is C35H64N2O9S. The van der Waals surface area contributed by atoms with E-state index >= 15 is 0 Å². The summed E-state index contributed by atoms with van der Waals surface area (Å²) in [5, 5.41) is 34.6. The molecule has 4 rings (SSSR count). The van der Waals surface area contributed by atoms with Crippen LogP contribution < -0.4 is 0 Å². The summed E-state index contributed by atoms with van der Waals surface area (Å²) in [7, 11) is 5.85. The molecule has 47 heavy (non-hydrogen) atoms. The van der Waals surface area contributed by atoms with Crippen molar-refractivity contribution in [2.24, 2.45) is 17.8 Å². The zero-order valence-corrected chi connectivity index (χ0v) is 31.5. The first kappa shape index (κ1) is 39.2. The Hall–Kier alpha value is -0.540. The molecule has 14 atom stereocenters. The zero-order chi connectivity index (χ0) is 35.1. The Morgan fingerprint density at radius 1 is 1.09 bits per heavy atom. The first-order valence-corrected chi connectivity index (χ1v) is 18.9. The first-order valence-electron chi connectivity index (χ1n) is 17.8. The van der Waals surface area contributed by atoms with Crippen LogP contribution in [0, 0.1) is 17.8 Å². The fourth-order valence-electron chi connectivity index (χ4n) is 8.61. The number of cyclic esters (lactones) is 1. The number of aliphatic hydroxyl groups is 3. The van der Waals surface area contributed by atoms with Crippen molar-refractivity contribution in [3.05, 3.63) is 0 Å². The largest absolute Gasteiger partial charge is 0.459 e. The van der Waals surface area contributed by atoms with Gasteiger partial charge in [0.2, 0.25) is 0 Å². The molecule has 2 bridgehead atoms. The summed E-state index contributed by atoms with van der Waals surface area (Å²) in [6.45, 7) is 16.0. The summed E-state index contributed by atoms with van der Waals surface area (Å²) in [5.74, 6) is -0.763. The molecule has 4 saturated heterocycles. The Balaban J connectivity index is 1.84. The predicted octanol–water partition coefficient (Wildman–Crippen LogP) is 3.26. The number of nitrogens with zero attached hydrogens (tertiary/aromatic N) is 2. The van der Waals surface area contributed by atoms with Gasteiger partial charge in [-0.1, -0.05) is 20.8 Å². The summed E-state index contributed by atoms with van der Waals surface area (Å²) in [4.78, 5) is 18.1. The van der Waals surface area contributed by atoms with E-state index in [1.165, 1.54) is 0 Å². The van der Waals surface area contributed by atoms with Crippen molar-refractivity contribution in [2.75, 3.05) is 39.2 Å². The maximum absolute atomic E-state index is 14.1. The number of carbonyl (C=O) groups excluding carboxylic acids is 1. The van der Waals surface area contributed by atoms with E-state index in [4.69, 9.17) is 23.7 Å². The number of fused-ring (bicyclic) bond motifs is 3. The molecule has 0 radical (unpaired) electrons. The lowest BCUT2D eigenvalue weighted by Crippen LogP contribution is -2.59. The number of thioether (sulfide) groups is 1. The molecule has 4 heterocycles. The second-order valence-corrected chi connectivity index (χ2v) is 17.0. The maximum Gasteiger partial charge on any atom is 0.311 e. The van der Waals surface area contributed by atoms with Crippen LogP contribution in [-0.4, -0.2) is 142 Å². The van der Waals surface area contributed by atoms with Gasteiger partial charge in [-0.25, -0.2) is 0 Å². The highest BCUT2D eigenvalue weighted by molar-refractivity contribution is 7.99. The molecule has 4 aliphatic rings. The van der Waals surface area contributed by atoms with Gasteiger partial charge in [0.25, 0.3) is 0 Å². The van der Waals surface area contributed by atoms with Gasteiger partial charge in [-0.05, 0) is 92.4 Å². The molecule has 4 fully saturated rings. The summed E-state index contributed by atoms with van der Waals surface area (Å²) < 4.78 is 33.6. The zero-order valence-electron chi connectivity index (χ0n) is 30.7. The van der Waals surface area contributed by atoms with Crippen LogP contribution in [-0.2, 0) is 28.5 Å². The van der Waals surface area contributed by atoms with E-state index in [0.29, 0.717) is 38.6 Å². The average molecular weight is 689 g/mol. The molecule has 0 aromatic rings. The molecule has 1 spiro atoms. The van der Waals surface area contributed by atoms with Crippen molar-refractivity contribution < 1.29 is 43.8 Å². The van der Waals surface area contributed by atoms with Crippen LogP contribution in [0.3, 0.4) is 0 Å². The number of ether oxygens (including phenoxy) is 5. The smallest absolute Gasteiger partial charge is 0.311 e. The fourth-order valence-corrected chi connectivity index (χ4v) is 9.72. The molecular weight excluding hydrogens is 624 g/mol. The number of likely N-dealkylation sites (N-methyl/N-ethyl adjacent to an activating group) is 2. The highest BCUT2D eigenvalue weighted by atomic mass is 32.2. The molecule has 4 aliphatic heterocycles. The van der Waals surface area contributed by atoms with E-state index in [1.807, 2.05) is 70.4 Å². The van der Waals surface area contributed by atoms with E-state index in [0.717, 1.165) is 11.5 Å². The normalized spacial score (nSPS) is 47.7. The van der Waals surface area contributed by atoms with Crippen LogP contribution in [0.1, 0.15) is 87.5 Å². The predicted molar refractivity (Wildman–Crippen MR) is 182 cm³/mol. The molecule has 12 heteroatoms. The van der Waals surface area contributed by atoms with Crippen LogP contribution in [0.5, 0.6) is 0 Å². The lowest BCUT2D eigenvalue weighted by molar-refractivity contribution is -0.325. The van der Waals surface area contributed by atoms with Gasteiger partial charge >= 0.3 is 5.97 Å². The Kier molecular flexibility index (Phi) is 12.8. The van der Waals surface area contributed by atoms with Gasteiger partial charge in [0.1, 0.15) is 23.9 Å². The number of esters is 1. The Morgan fingerprint density at radius 3 is 2.32 bits per heavy atom. The third-order valence-electron chi connectivity index (χ3n) is 11.4. The van der Waals surface area contributed by atoms with Gasteiger partial charge in [-0.3, -0.25) is 4.79 Å². The minimum absolute atomic E-state index is 0.0718. The second kappa shape index (κ2) is 15.4. The van der Waals surface area contributed by atoms with Crippen LogP contribution >= 0.6 is 11.8 Å². The number of carbonyl (C=O) groups is 1. The van der Waals surface area contributed by atoms with Crippen LogP contribution in [0.2, 0.25) is 0 Å². The van der Waals surface area contributed by atoms with E-state index < -0.39 is 71.7 Å². The van der Waals surface area contributed by atoms with E-state index in [9.17, 15) is 20.1 Å². The van der Waals surface area contributed by atoms with Crippen molar-refractivity contribution in [2.45, 2.75) is 159 Å². The SMILES string of the molecule is CC[C@H]1OC(=O)[C@H](C)[C@H]2OC3(CCSCC3)OC(C)(C[C@@H](C)CN(C)[C@H](C)[C@@H](O)[C@]1(C)O)[C@H](OC1O[C@H](C)C[C@H](N(C)C)[C@H]1O)[C@H]2C. The summed E-state index contributed by atoms with van der Waals surface area (Å²) in [6, 6.07) is -0.581. The van der Waals surface area contributed by atoms with Crippen LogP contribution in [0.15, 0.2) is 0 Å². The van der Waals surface area contributed by atoms with E-state index in [2.05, 4.69) is 13.8 Å². The summed E-state index contributed by atoms with van der Waals surface area (Å²) in [5.41, 5.74) is -2.57. The molecule has 0 aromatic carbocycles. The Labute approximate surface area is 287 Å². The monoisotopic (exact) mass is 688 g/mol. The van der Waals surface area contributed by atoms with Gasteiger partial charge in [0.15, 0.2) is 12.1 Å². The van der Waals surface area contributed by atoms with Crippen molar-refractivity contribution in [3.63, 3.8) is 0 Å². The third kappa shape index (κ3) is 8.34. The summed E-state index contributed by atoms with van der Waals surface area (Å²) >= 11 is 1.86. The molecule has 0 saturated carbocycles. The minimum Gasteiger partial charge on any atom is -0.459 e. The number of aliphatic hydroxyl groups excluding tert-OH is 2. The molecule has 2 unspecified atom stereocenters. The van der Waals surface area contributed by atoms with Gasteiger partial charge in [0.05, 0.1) is 29.8 Å². The second-order valence-electron chi connectivity index (χ2n) is 15.8. The van der Waals surface area contributed by atoms with Crippen molar-refractivity contribution in [3.8, 4) is 0 Å². The lowest BCUT2D eigenvalue weighted by atomic mass is 9.78. The Morgan fingerprint density at radius 2 is 1.72 bits per heavy atom. The average Bonchev–Trinajstić information content (AvgIpc) is 3.07. The molecule has 3 N–H and O–H groups in total. The number of hydrogen-bond acceptors (Lipinski definition) is 12. The molecule has 11 nitrogen and oxygen atoms in total. The number of hydrogen-bond donors (Lipinski definition) is 3. The van der Waals surface area contributed by atoms with E-state index in [-0.39, 0.29) is 24.0 Å². The molecule has 274 valence electrons. The molecule has 0 aliphatic carbocycles.